The molecule has 1 saturated heterocycles. The molecule has 2 heterocycles. The Bertz CT molecular complexity index is 383. The first-order valence-electron chi connectivity index (χ1n) is 6.51. The second kappa shape index (κ2) is 6.35. The molecule has 1 aliphatic heterocycles. The second-order valence-corrected chi connectivity index (χ2v) is 6.76. The summed E-state index contributed by atoms with van der Waals surface area (Å²) in [6, 6.07) is 4.42. The Labute approximate surface area is 118 Å². The van der Waals surface area contributed by atoms with Gasteiger partial charge in [-0.15, -0.1) is 11.3 Å². The minimum atomic E-state index is 0.0341. The van der Waals surface area contributed by atoms with Crippen molar-refractivity contribution in [2.24, 2.45) is 5.73 Å². The number of halogens is 1. The summed E-state index contributed by atoms with van der Waals surface area (Å²) in [5, 5.41) is 9.54. The molecule has 3 unspecified atom stereocenters. The minimum absolute atomic E-state index is 0.0341. The number of hydrogen-bond donors (Lipinski definition) is 2. The van der Waals surface area contributed by atoms with Crippen LogP contribution in [-0.4, -0.2) is 35.2 Å². The van der Waals surface area contributed by atoms with E-state index < -0.39 is 0 Å². The summed E-state index contributed by atoms with van der Waals surface area (Å²) in [5.74, 6) is 0. The molecule has 2 rings (SSSR count). The van der Waals surface area contributed by atoms with Crippen molar-refractivity contribution in [3.8, 4) is 0 Å². The molecule has 1 aliphatic rings. The first-order valence-corrected chi connectivity index (χ1v) is 7.70. The maximum atomic E-state index is 9.54. The first-order chi connectivity index (χ1) is 8.63. The van der Waals surface area contributed by atoms with Gasteiger partial charge in [-0.25, -0.2) is 0 Å². The average Bonchev–Trinajstić information content (AvgIpc) is 2.76. The largest absolute Gasteiger partial charge is 0.395 e. The molecule has 3 nitrogen and oxygen atoms in total. The van der Waals surface area contributed by atoms with E-state index in [0.29, 0.717) is 0 Å². The third-order valence-electron chi connectivity index (χ3n) is 3.62. The van der Waals surface area contributed by atoms with Crippen LogP contribution in [0.5, 0.6) is 0 Å². The van der Waals surface area contributed by atoms with Crippen LogP contribution in [0, 0.1) is 0 Å². The van der Waals surface area contributed by atoms with Crippen molar-refractivity contribution >= 4 is 22.9 Å². The Balaban J connectivity index is 2.23. The topological polar surface area (TPSA) is 49.5 Å². The van der Waals surface area contributed by atoms with E-state index in [1.165, 1.54) is 17.7 Å². The SMILES string of the molecule is CC(N)C(c1ccc(Cl)s1)N1CCCCC1CO. The number of piperidine rings is 1. The summed E-state index contributed by atoms with van der Waals surface area (Å²) >= 11 is 7.62. The van der Waals surface area contributed by atoms with E-state index in [1.54, 1.807) is 11.3 Å². The van der Waals surface area contributed by atoms with E-state index in [9.17, 15) is 5.11 Å². The normalized spacial score (nSPS) is 25.0. The van der Waals surface area contributed by atoms with E-state index in [2.05, 4.69) is 11.0 Å². The zero-order chi connectivity index (χ0) is 13.1. The summed E-state index contributed by atoms with van der Waals surface area (Å²) in [7, 11) is 0. The molecule has 0 amide bonds. The maximum absolute atomic E-state index is 9.54. The Hall–Kier alpha value is -0.130. The molecule has 0 bridgehead atoms. The maximum Gasteiger partial charge on any atom is 0.0931 e. The van der Waals surface area contributed by atoms with Crippen molar-refractivity contribution in [3.05, 3.63) is 21.3 Å². The standard InChI is InChI=1S/C13H21ClN2OS/c1-9(15)13(11-5-6-12(14)18-11)16-7-3-2-4-10(16)8-17/h5-6,9-10,13,17H,2-4,7-8,15H2,1H3. The van der Waals surface area contributed by atoms with Crippen molar-refractivity contribution in [3.63, 3.8) is 0 Å². The highest BCUT2D eigenvalue weighted by Crippen LogP contribution is 2.35. The number of aliphatic hydroxyl groups is 1. The smallest absolute Gasteiger partial charge is 0.0931 e. The fraction of sp³-hybridized carbons (Fsp3) is 0.692. The first kappa shape index (κ1) is 14.3. The molecule has 1 fully saturated rings. The Morgan fingerprint density at radius 3 is 2.89 bits per heavy atom. The second-order valence-electron chi connectivity index (χ2n) is 5.02. The van der Waals surface area contributed by atoms with E-state index >= 15 is 0 Å². The molecule has 0 aromatic carbocycles. The molecule has 0 aliphatic carbocycles. The van der Waals surface area contributed by atoms with Gasteiger partial charge in [0.15, 0.2) is 0 Å². The van der Waals surface area contributed by atoms with Crippen LogP contribution in [0.4, 0.5) is 0 Å². The summed E-state index contributed by atoms with van der Waals surface area (Å²) in [6.07, 6.45) is 3.43. The van der Waals surface area contributed by atoms with Crippen molar-refractivity contribution < 1.29 is 5.11 Å². The van der Waals surface area contributed by atoms with Gasteiger partial charge in [-0.2, -0.15) is 0 Å². The van der Waals surface area contributed by atoms with Gasteiger partial charge in [0.2, 0.25) is 0 Å². The van der Waals surface area contributed by atoms with Crippen LogP contribution in [0.15, 0.2) is 12.1 Å². The van der Waals surface area contributed by atoms with E-state index in [4.69, 9.17) is 17.3 Å². The van der Waals surface area contributed by atoms with Gasteiger partial charge in [-0.05, 0) is 38.4 Å². The average molecular weight is 289 g/mol. The molecule has 3 N–H and O–H groups in total. The number of nitrogens with zero attached hydrogens (tertiary/aromatic N) is 1. The lowest BCUT2D eigenvalue weighted by Gasteiger charge is -2.41. The van der Waals surface area contributed by atoms with E-state index in [-0.39, 0.29) is 24.7 Å². The van der Waals surface area contributed by atoms with E-state index in [1.807, 2.05) is 13.0 Å². The monoisotopic (exact) mass is 288 g/mol. The van der Waals surface area contributed by atoms with Crippen LogP contribution in [0.1, 0.15) is 37.1 Å². The van der Waals surface area contributed by atoms with Crippen molar-refractivity contribution in [2.45, 2.75) is 44.3 Å². The number of rotatable bonds is 4. The molecule has 0 spiro atoms. The van der Waals surface area contributed by atoms with Gasteiger partial charge < -0.3 is 10.8 Å². The van der Waals surface area contributed by atoms with E-state index in [0.717, 1.165) is 17.3 Å². The molecule has 0 saturated carbocycles. The Kier molecular flexibility index (Phi) is 5.04. The van der Waals surface area contributed by atoms with Gasteiger partial charge in [0, 0.05) is 17.0 Å². The lowest BCUT2D eigenvalue weighted by molar-refractivity contribution is 0.0457. The number of hydrogen-bond acceptors (Lipinski definition) is 4. The van der Waals surface area contributed by atoms with Gasteiger partial charge in [-0.3, -0.25) is 4.90 Å². The number of thiophene rings is 1. The molecular formula is C13H21ClN2OS. The lowest BCUT2D eigenvalue weighted by atomic mass is 9.97. The highest BCUT2D eigenvalue weighted by atomic mass is 35.5. The lowest BCUT2D eigenvalue weighted by Crippen LogP contribution is -2.48. The molecule has 5 heteroatoms. The Morgan fingerprint density at radius 1 is 1.56 bits per heavy atom. The molecule has 3 atom stereocenters. The third kappa shape index (κ3) is 3.06. The molecule has 1 aromatic heterocycles. The van der Waals surface area contributed by atoms with Crippen LogP contribution in [-0.2, 0) is 0 Å². The van der Waals surface area contributed by atoms with Crippen molar-refractivity contribution in [2.75, 3.05) is 13.2 Å². The van der Waals surface area contributed by atoms with Crippen molar-refractivity contribution in [1.29, 1.82) is 0 Å². The summed E-state index contributed by atoms with van der Waals surface area (Å²) in [6.45, 7) is 3.25. The molecule has 102 valence electrons. The summed E-state index contributed by atoms with van der Waals surface area (Å²) < 4.78 is 0.799. The number of nitrogens with two attached hydrogens (primary N) is 1. The summed E-state index contributed by atoms with van der Waals surface area (Å²) in [4.78, 5) is 3.56. The minimum Gasteiger partial charge on any atom is -0.395 e. The molecular weight excluding hydrogens is 268 g/mol. The Morgan fingerprint density at radius 2 is 2.33 bits per heavy atom. The zero-order valence-corrected chi connectivity index (χ0v) is 12.3. The summed E-state index contributed by atoms with van der Waals surface area (Å²) in [5.41, 5.74) is 6.17. The molecule has 1 aromatic rings. The quantitative estimate of drug-likeness (QED) is 0.895. The van der Waals surface area contributed by atoms with Gasteiger partial charge in [0.25, 0.3) is 0 Å². The van der Waals surface area contributed by atoms with Crippen LogP contribution in [0.2, 0.25) is 4.34 Å². The fourth-order valence-corrected chi connectivity index (χ4v) is 4.10. The number of likely N-dealkylation sites (tertiary alicyclic amines) is 1. The van der Waals surface area contributed by atoms with Gasteiger partial charge in [0.1, 0.15) is 0 Å². The highest BCUT2D eigenvalue weighted by molar-refractivity contribution is 7.16. The zero-order valence-electron chi connectivity index (χ0n) is 10.7. The third-order valence-corrected chi connectivity index (χ3v) is 4.93. The van der Waals surface area contributed by atoms with Crippen LogP contribution < -0.4 is 5.73 Å². The fourth-order valence-electron chi connectivity index (χ4n) is 2.80. The van der Waals surface area contributed by atoms with Crippen LogP contribution >= 0.6 is 22.9 Å². The van der Waals surface area contributed by atoms with Crippen LogP contribution in [0.25, 0.3) is 0 Å². The van der Waals surface area contributed by atoms with Gasteiger partial charge >= 0.3 is 0 Å². The van der Waals surface area contributed by atoms with Gasteiger partial charge in [0.05, 0.1) is 17.0 Å². The molecule has 18 heavy (non-hydrogen) atoms. The van der Waals surface area contributed by atoms with Crippen molar-refractivity contribution in [1.82, 2.24) is 4.90 Å². The van der Waals surface area contributed by atoms with Crippen LogP contribution in [0.3, 0.4) is 0 Å². The van der Waals surface area contributed by atoms with Gasteiger partial charge in [-0.1, -0.05) is 18.0 Å². The highest BCUT2D eigenvalue weighted by Gasteiger charge is 2.32. The predicted molar refractivity (Wildman–Crippen MR) is 77.2 cm³/mol. The molecule has 0 radical (unpaired) electrons. The predicted octanol–water partition coefficient (Wildman–Crippen LogP) is 2.64. The number of aliphatic hydroxyl groups excluding tert-OH is 1.